The molecule has 1 saturated heterocycles. The van der Waals surface area contributed by atoms with E-state index in [9.17, 15) is 4.39 Å². The molecule has 0 amide bonds. The Kier molecular flexibility index (Phi) is 4.30. The molecule has 1 aromatic carbocycles. The van der Waals surface area contributed by atoms with Crippen LogP contribution in [0.1, 0.15) is 30.9 Å². The van der Waals surface area contributed by atoms with E-state index in [2.05, 4.69) is 11.8 Å². The van der Waals surface area contributed by atoms with E-state index in [1.54, 1.807) is 12.1 Å². The summed E-state index contributed by atoms with van der Waals surface area (Å²) in [6.07, 6.45) is 2.46. The highest BCUT2D eigenvalue weighted by Crippen LogP contribution is 2.19. The lowest BCUT2D eigenvalue weighted by molar-refractivity contribution is 0.175. The maximum Gasteiger partial charge on any atom is 0.127 e. The summed E-state index contributed by atoms with van der Waals surface area (Å²) in [6, 6.07) is 4.87. The molecular formula is C14H19FN2S. The van der Waals surface area contributed by atoms with Gasteiger partial charge in [-0.2, -0.15) is 0 Å². The Morgan fingerprint density at radius 2 is 2.33 bits per heavy atom. The molecule has 4 heteroatoms. The number of benzene rings is 1. The predicted octanol–water partition coefficient (Wildman–Crippen LogP) is 2.69. The summed E-state index contributed by atoms with van der Waals surface area (Å²) in [6.45, 7) is 4.97. The minimum absolute atomic E-state index is 0.173. The van der Waals surface area contributed by atoms with Crippen LogP contribution in [0, 0.1) is 11.7 Å². The highest BCUT2D eigenvalue weighted by Gasteiger charge is 2.17. The molecule has 2 rings (SSSR count). The molecule has 1 aromatic rings. The van der Waals surface area contributed by atoms with Crippen LogP contribution in [0.25, 0.3) is 0 Å². The van der Waals surface area contributed by atoms with Gasteiger partial charge in [-0.25, -0.2) is 4.39 Å². The molecule has 2 N–H and O–H groups in total. The number of nitrogens with two attached hydrogens (primary N) is 1. The average Bonchev–Trinajstić information content (AvgIpc) is 2.31. The van der Waals surface area contributed by atoms with Gasteiger partial charge in [0.2, 0.25) is 0 Å². The summed E-state index contributed by atoms with van der Waals surface area (Å²) in [4.78, 5) is 2.62. The SMILES string of the molecule is CC1CCCN(Cc2cc(C(N)=S)ccc2F)C1. The largest absolute Gasteiger partial charge is 0.389 e. The van der Waals surface area contributed by atoms with Crippen LogP contribution in [-0.4, -0.2) is 23.0 Å². The van der Waals surface area contributed by atoms with Crippen molar-refractivity contribution in [3.05, 3.63) is 35.1 Å². The van der Waals surface area contributed by atoms with Crippen LogP contribution in [0.3, 0.4) is 0 Å². The lowest BCUT2D eigenvalue weighted by Gasteiger charge is -2.31. The molecule has 0 aromatic heterocycles. The zero-order valence-electron chi connectivity index (χ0n) is 10.7. The smallest absolute Gasteiger partial charge is 0.127 e. The molecule has 1 fully saturated rings. The molecule has 2 nitrogen and oxygen atoms in total. The first-order valence-electron chi connectivity index (χ1n) is 6.37. The molecule has 18 heavy (non-hydrogen) atoms. The topological polar surface area (TPSA) is 29.3 Å². The molecule has 1 heterocycles. The number of hydrogen-bond acceptors (Lipinski definition) is 2. The summed E-state index contributed by atoms with van der Waals surface area (Å²) in [7, 11) is 0. The second-order valence-electron chi connectivity index (χ2n) is 5.15. The summed E-state index contributed by atoms with van der Waals surface area (Å²) in [5.74, 6) is 0.522. The quantitative estimate of drug-likeness (QED) is 0.853. The van der Waals surface area contributed by atoms with Gasteiger partial charge in [0.05, 0.1) is 0 Å². The van der Waals surface area contributed by atoms with Crippen molar-refractivity contribution in [2.45, 2.75) is 26.3 Å². The van der Waals surface area contributed by atoms with E-state index in [4.69, 9.17) is 18.0 Å². The second kappa shape index (κ2) is 5.76. The van der Waals surface area contributed by atoms with Gasteiger partial charge in [-0.15, -0.1) is 0 Å². The second-order valence-corrected chi connectivity index (χ2v) is 5.59. The summed E-state index contributed by atoms with van der Waals surface area (Å²) in [5.41, 5.74) is 7.01. The average molecular weight is 266 g/mol. The van der Waals surface area contributed by atoms with Gasteiger partial charge in [0.25, 0.3) is 0 Å². The molecule has 0 aliphatic carbocycles. The molecule has 98 valence electrons. The lowest BCUT2D eigenvalue weighted by atomic mass is 9.99. The fourth-order valence-electron chi connectivity index (χ4n) is 2.52. The van der Waals surface area contributed by atoms with Crippen molar-refractivity contribution >= 4 is 17.2 Å². The third kappa shape index (κ3) is 3.27. The standard InChI is InChI=1S/C14H19FN2S/c1-10-3-2-6-17(8-10)9-12-7-11(14(16)18)4-5-13(12)15/h4-5,7,10H,2-3,6,8-9H2,1H3,(H2,16,18). The van der Waals surface area contributed by atoms with Crippen molar-refractivity contribution in [3.8, 4) is 0 Å². The highest BCUT2D eigenvalue weighted by molar-refractivity contribution is 7.80. The zero-order chi connectivity index (χ0) is 13.1. The number of halogens is 1. The van der Waals surface area contributed by atoms with Gasteiger partial charge >= 0.3 is 0 Å². The molecular weight excluding hydrogens is 247 g/mol. The third-order valence-corrected chi connectivity index (χ3v) is 3.70. The van der Waals surface area contributed by atoms with Gasteiger partial charge in [0, 0.05) is 24.2 Å². The number of nitrogens with zero attached hydrogens (tertiary/aromatic N) is 1. The zero-order valence-corrected chi connectivity index (χ0v) is 11.5. The van der Waals surface area contributed by atoms with Crippen LogP contribution in [0.15, 0.2) is 18.2 Å². The first kappa shape index (κ1) is 13.4. The summed E-state index contributed by atoms with van der Waals surface area (Å²) >= 11 is 4.93. The van der Waals surface area contributed by atoms with Crippen LogP contribution in [0.5, 0.6) is 0 Å². The fourth-order valence-corrected chi connectivity index (χ4v) is 2.65. The maximum absolute atomic E-state index is 13.8. The van der Waals surface area contributed by atoms with E-state index in [1.165, 1.54) is 18.9 Å². The van der Waals surface area contributed by atoms with E-state index >= 15 is 0 Å². The molecule has 0 bridgehead atoms. The number of hydrogen-bond donors (Lipinski definition) is 1. The van der Waals surface area contributed by atoms with Crippen molar-refractivity contribution in [2.24, 2.45) is 11.7 Å². The highest BCUT2D eigenvalue weighted by atomic mass is 32.1. The minimum Gasteiger partial charge on any atom is -0.389 e. The van der Waals surface area contributed by atoms with Gasteiger partial charge < -0.3 is 5.73 Å². The Labute approximate surface area is 113 Å². The monoisotopic (exact) mass is 266 g/mol. The van der Waals surface area contributed by atoms with Gasteiger partial charge in [0.15, 0.2) is 0 Å². The molecule has 0 radical (unpaired) electrons. The van der Waals surface area contributed by atoms with Crippen LogP contribution in [0.2, 0.25) is 0 Å². The Balaban J connectivity index is 2.12. The predicted molar refractivity (Wildman–Crippen MR) is 76.0 cm³/mol. The Hall–Kier alpha value is -1.00. The van der Waals surface area contributed by atoms with Gasteiger partial charge in [0.1, 0.15) is 10.8 Å². The Morgan fingerprint density at radius 3 is 3.00 bits per heavy atom. The van der Waals surface area contributed by atoms with Crippen LogP contribution in [0.4, 0.5) is 4.39 Å². The normalized spacial score (nSPS) is 20.9. The van der Waals surface area contributed by atoms with E-state index in [0.29, 0.717) is 23.0 Å². The van der Waals surface area contributed by atoms with Crippen LogP contribution in [-0.2, 0) is 6.54 Å². The van der Waals surface area contributed by atoms with Crippen molar-refractivity contribution in [3.63, 3.8) is 0 Å². The van der Waals surface area contributed by atoms with E-state index in [1.807, 2.05) is 0 Å². The summed E-state index contributed by atoms with van der Waals surface area (Å²) in [5, 5.41) is 0. The Morgan fingerprint density at radius 1 is 1.56 bits per heavy atom. The molecule has 1 aliphatic heterocycles. The number of thiocarbonyl (C=S) groups is 1. The van der Waals surface area contributed by atoms with E-state index in [0.717, 1.165) is 18.7 Å². The molecule has 1 aliphatic rings. The van der Waals surface area contributed by atoms with Crippen molar-refractivity contribution in [2.75, 3.05) is 13.1 Å². The van der Waals surface area contributed by atoms with Crippen molar-refractivity contribution in [1.82, 2.24) is 4.90 Å². The van der Waals surface area contributed by atoms with Crippen molar-refractivity contribution in [1.29, 1.82) is 0 Å². The maximum atomic E-state index is 13.8. The van der Waals surface area contributed by atoms with E-state index < -0.39 is 0 Å². The first-order valence-corrected chi connectivity index (χ1v) is 6.77. The lowest BCUT2D eigenvalue weighted by Crippen LogP contribution is -2.34. The number of likely N-dealkylation sites (tertiary alicyclic amines) is 1. The first-order chi connectivity index (χ1) is 8.56. The number of piperidine rings is 1. The van der Waals surface area contributed by atoms with Crippen molar-refractivity contribution < 1.29 is 4.39 Å². The molecule has 0 saturated carbocycles. The summed E-state index contributed by atoms with van der Waals surface area (Å²) < 4.78 is 13.8. The molecule has 1 atom stereocenters. The third-order valence-electron chi connectivity index (χ3n) is 3.47. The molecule has 0 spiro atoms. The number of rotatable bonds is 3. The Bertz CT molecular complexity index is 447. The van der Waals surface area contributed by atoms with Crippen LogP contribution < -0.4 is 5.73 Å². The van der Waals surface area contributed by atoms with E-state index in [-0.39, 0.29) is 5.82 Å². The van der Waals surface area contributed by atoms with Gasteiger partial charge in [-0.1, -0.05) is 19.1 Å². The fraction of sp³-hybridized carbons (Fsp3) is 0.500. The van der Waals surface area contributed by atoms with Crippen LogP contribution >= 0.6 is 12.2 Å². The minimum atomic E-state index is -0.173. The van der Waals surface area contributed by atoms with Gasteiger partial charge in [-0.3, -0.25) is 4.90 Å². The van der Waals surface area contributed by atoms with Gasteiger partial charge in [-0.05, 0) is 43.5 Å². The molecule has 1 unspecified atom stereocenters.